The summed E-state index contributed by atoms with van der Waals surface area (Å²) in [6.45, 7) is 3.36. The highest BCUT2D eigenvalue weighted by Gasteiger charge is 2.33. The number of rotatable bonds is 7. The van der Waals surface area contributed by atoms with Crippen LogP contribution in [0.5, 0.6) is 0 Å². The standard InChI is InChI=1S/C18H24N4O3S/c1-13-11-17(13)22-18(20-9-8-15-3-2-10-25-15)21-12-14-4-6-16(7-5-14)26(19,23)24/h2-7,10,13,17H,8-9,11-12H2,1H3,(H2,19,23,24)(H2,20,21,22). The van der Waals surface area contributed by atoms with Gasteiger partial charge in [-0.2, -0.15) is 0 Å². The fourth-order valence-corrected chi connectivity index (χ4v) is 3.08. The first-order valence-corrected chi connectivity index (χ1v) is 10.2. The summed E-state index contributed by atoms with van der Waals surface area (Å²) < 4.78 is 27.9. The van der Waals surface area contributed by atoms with Crippen molar-refractivity contribution >= 4 is 16.0 Å². The monoisotopic (exact) mass is 376 g/mol. The minimum absolute atomic E-state index is 0.104. The first-order chi connectivity index (χ1) is 12.4. The number of hydrogen-bond acceptors (Lipinski definition) is 4. The number of guanidine groups is 1. The van der Waals surface area contributed by atoms with E-state index in [-0.39, 0.29) is 4.90 Å². The van der Waals surface area contributed by atoms with E-state index in [2.05, 4.69) is 22.5 Å². The summed E-state index contributed by atoms with van der Waals surface area (Å²) in [6, 6.07) is 10.7. The van der Waals surface area contributed by atoms with Crippen molar-refractivity contribution in [2.75, 3.05) is 6.54 Å². The Morgan fingerprint density at radius 3 is 2.62 bits per heavy atom. The van der Waals surface area contributed by atoms with Gasteiger partial charge >= 0.3 is 0 Å². The average molecular weight is 376 g/mol. The Morgan fingerprint density at radius 2 is 2.04 bits per heavy atom. The quantitative estimate of drug-likeness (QED) is 0.502. The normalized spacial score (nSPS) is 20.0. The molecule has 2 atom stereocenters. The third-order valence-corrected chi connectivity index (χ3v) is 5.28. The van der Waals surface area contributed by atoms with Gasteiger partial charge in [0.2, 0.25) is 10.0 Å². The van der Waals surface area contributed by atoms with E-state index in [9.17, 15) is 8.42 Å². The summed E-state index contributed by atoms with van der Waals surface area (Å²) in [4.78, 5) is 4.71. The van der Waals surface area contributed by atoms with Crippen molar-refractivity contribution < 1.29 is 12.8 Å². The second-order valence-corrected chi connectivity index (χ2v) is 8.14. The number of aliphatic imine (C=N–C) groups is 1. The lowest BCUT2D eigenvalue weighted by molar-refractivity contribution is 0.506. The summed E-state index contributed by atoms with van der Waals surface area (Å²) in [5.74, 6) is 2.33. The summed E-state index contributed by atoms with van der Waals surface area (Å²) in [5, 5.41) is 11.9. The molecule has 2 unspecified atom stereocenters. The van der Waals surface area contributed by atoms with Gasteiger partial charge in [0.1, 0.15) is 5.76 Å². The Kier molecular flexibility index (Phi) is 5.63. The number of hydrogen-bond donors (Lipinski definition) is 3. The molecule has 140 valence electrons. The van der Waals surface area contributed by atoms with E-state index in [4.69, 9.17) is 9.56 Å². The number of nitrogens with two attached hydrogens (primary N) is 1. The van der Waals surface area contributed by atoms with Gasteiger partial charge in [0.25, 0.3) is 0 Å². The Bertz CT molecular complexity index is 845. The molecular formula is C18H24N4O3S. The molecule has 0 amide bonds. The number of nitrogens with zero attached hydrogens (tertiary/aromatic N) is 1. The van der Waals surface area contributed by atoms with E-state index >= 15 is 0 Å². The van der Waals surface area contributed by atoms with Crippen LogP contribution in [0, 0.1) is 5.92 Å². The highest BCUT2D eigenvalue weighted by Crippen LogP contribution is 2.28. The third-order valence-electron chi connectivity index (χ3n) is 4.35. The highest BCUT2D eigenvalue weighted by molar-refractivity contribution is 7.89. The van der Waals surface area contributed by atoms with E-state index in [1.54, 1.807) is 18.4 Å². The van der Waals surface area contributed by atoms with Crippen molar-refractivity contribution in [1.82, 2.24) is 10.6 Å². The summed E-state index contributed by atoms with van der Waals surface area (Å²) in [5.41, 5.74) is 0.911. The molecule has 1 aliphatic rings. The Morgan fingerprint density at radius 1 is 1.31 bits per heavy atom. The molecule has 26 heavy (non-hydrogen) atoms. The van der Waals surface area contributed by atoms with Gasteiger partial charge in [-0.25, -0.2) is 18.5 Å². The van der Waals surface area contributed by atoms with Gasteiger partial charge in [-0.15, -0.1) is 0 Å². The smallest absolute Gasteiger partial charge is 0.238 e. The van der Waals surface area contributed by atoms with Crippen LogP contribution >= 0.6 is 0 Å². The minimum atomic E-state index is -3.67. The lowest BCUT2D eigenvalue weighted by Crippen LogP contribution is -2.40. The van der Waals surface area contributed by atoms with E-state index in [1.807, 2.05) is 12.1 Å². The van der Waals surface area contributed by atoms with Gasteiger partial charge in [-0.05, 0) is 42.2 Å². The van der Waals surface area contributed by atoms with Crippen molar-refractivity contribution in [3.8, 4) is 0 Å². The fraction of sp³-hybridized carbons (Fsp3) is 0.389. The SMILES string of the molecule is CC1CC1NC(=NCc1ccc(S(N)(=O)=O)cc1)NCCc1ccco1. The number of furan rings is 1. The summed E-state index contributed by atoms with van der Waals surface area (Å²) in [6.07, 6.45) is 3.58. The molecule has 0 radical (unpaired) electrons. The predicted octanol–water partition coefficient (Wildman–Crippen LogP) is 1.61. The molecule has 4 N–H and O–H groups in total. The maximum atomic E-state index is 11.3. The minimum Gasteiger partial charge on any atom is -0.469 e. The van der Waals surface area contributed by atoms with Gasteiger partial charge in [0.15, 0.2) is 5.96 Å². The van der Waals surface area contributed by atoms with E-state index in [0.717, 1.165) is 30.1 Å². The number of primary sulfonamides is 1. The van der Waals surface area contributed by atoms with E-state index < -0.39 is 10.0 Å². The zero-order valence-corrected chi connectivity index (χ0v) is 15.5. The first-order valence-electron chi connectivity index (χ1n) is 8.61. The van der Waals surface area contributed by atoms with Gasteiger partial charge in [-0.1, -0.05) is 19.1 Å². The highest BCUT2D eigenvalue weighted by atomic mass is 32.2. The molecule has 1 heterocycles. The molecule has 1 aliphatic carbocycles. The lowest BCUT2D eigenvalue weighted by atomic mass is 10.2. The number of sulfonamides is 1. The second-order valence-electron chi connectivity index (χ2n) is 6.57. The molecule has 1 saturated carbocycles. The Hall–Kier alpha value is -2.32. The maximum absolute atomic E-state index is 11.3. The van der Waals surface area contributed by atoms with Gasteiger partial charge < -0.3 is 15.1 Å². The van der Waals surface area contributed by atoms with Crippen molar-refractivity contribution in [3.05, 3.63) is 54.0 Å². The molecule has 0 aliphatic heterocycles. The molecule has 7 nitrogen and oxygen atoms in total. The van der Waals surface area contributed by atoms with Gasteiger partial charge in [-0.3, -0.25) is 0 Å². The lowest BCUT2D eigenvalue weighted by Gasteiger charge is -2.12. The van der Waals surface area contributed by atoms with E-state index in [0.29, 0.717) is 25.0 Å². The van der Waals surface area contributed by atoms with Crippen LogP contribution in [0.3, 0.4) is 0 Å². The van der Waals surface area contributed by atoms with Crippen LogP contribution in [0.2, 0.25) is 0 Å². The zero-order valence-electron chi connectivity index (χ0n) is 14.7. The maximum Gasteiger partial charge on any atom is 0.238 e. The van der Waals surface area contributed by atoms with Crippen LogP contribution in [-0.2, 0) is 23.0 Å². The molecule has 0 spiro atoms. The molecule has 0 saturated heterocycles. The molecule has 0 bridgehead atoms. The van der Waals surface area contributed by atoms with E-state index in [1.165, 1.54) is 12.1 Å². The van der Waals surface area contributed by atoms with Crippen LogP contribution in [0.1, 0.15) is 24.7 Å². The van der Waals surface area contributed by atoms with Crippen molar-refractivity contribution in [2.45, 2.75) is 37.2 Å². The largest absolute Gasteiger partial charge is 0.469 e. The zero-order chi connectivity index (χ0) is 18.6. The van der Waals surface area contributed by atoms with Crippen LogP contribution in [0.15, 0.2) is 57.0 Å². The van der Waals surface area contributed by atoms with Gasteiger partial charge in [0, 0.05) is 19.0 Å². The van der Waals surface area contributed by atoms with Crippen molar-refractivity contribution in [3.63, 3.8) is 0 Å². The summed E-state index contributed by atoms with van der Waals surface area (Å²) in [7, 11) is -3.67. The number of benzene rings is 1. The number of nitrogens with one attached hydrogen (secondary N) is 2. The third kappa shape index (κ3) is 5.34. The second kappa shape index (κ2) is 7.92. The Labute approximate surface area is 153 Å². The van der Waals surface area contributed by atoms with Crippen molar-refractivity contribution in [1.29, 1.82) is 0 Å². The molecule has 8 heteroatoms. The molecule has 1 fully saturated rings. The first kappa shape index (κ1) is 18.5. The molecule has 3 rings (SSSR count). The van der Waals surface area contributed by atoms with Gasteiger partial charge in [0.05, 0.1) is 17.7 Å². The molecule has 2 aromatic rings. The van der Waals surface area contributed by atoms with Crippen LogP contribution in [-0.4, -0.2) is 27.0 Å². The molecule has 1 aromatic carbocycles. The fourth-order valence-electron chi connectivity index (χ4n) is 2.57. The summed E-state index contributed by atoms with van der Waals surface area (Å²) >= 11 is 0. The van der Waals surface area contributed by atoms with Crippen LogP contribution < -0.4 is 15.8 Å². The van der Waals surface area contributed by atoms with Crippen molar-refractivity contribution in [2.24, 2.45) is 16.0 Å². The molecular weight excluding hydrogens is 352 g/mol. The topological polar surface area (TPSA) is 110 Å². The van der Waals surface area contributed by atoms with Crippen LogP contribution in [0.4, 0.5) is 0 Å². The average Bonchev–Trinajstić information content (AvgIpc) is 3.07. The van der Waals surface area contributed by atoms with Crippen LogP contribution in [0.25, 0.3) is 0 Å². The predicted molar refractivity (Wildman–Crippen MR) is 100 cm³/mol. The molecule has 1 aromatic heterocycles. The Balaban J connectivity index is 1.59.